The molecule has 2 aromatic heterocycles. The van der Waals surface area contributed by atoms with Crippen molar-refractivity contribution in [3.63, 3.8) is 0 Å². The standard InChI is InChI=1S/C21H26N4OS/c1-15-13-24(14-21(2,3)26)10-11-25(15)20-16-7-4-5-8-17(16)22-19(23-20)18-9-6-12-27-18/h4-9,12,15,26H,10-11,13-14H2,1-3H3. The number of nitrogens with zero attached hydrogens (tertiary/aromatic N) is 4. The largest absolute Gasteiger partial charge is 0.389 e. The molecule has 0 spiro atoms. The molecule has 0 bridgehead atoms. The highest BCUT2D eigenvalue weighted by Crippen LogP contribution is 2.31. The molecule has 1 aromatic carbocycles. The van der Waals surface area contributed by atoms with Crippen molar-refractivity contribution in [1.82, 2.24) is 14.9 Å². The van der Waals surface area contributed by atoms with E-state index in [-0.39, 0.29) is 0 Å². The molecule has 4 rings (SSSR count). The number of benzene rings is 1. The number of aliphatic hydroxyl groups is 1. The minimum atomic E-state index is -0.671. The Hall–Kier alpha value is -2.02. The maximum atomic E-state index is 10.1. The fraction of sp³-hybridized carbons (Fsp3) is 0.429. The number of fused-ring (bicyclic) bond motifs is 1. The Morgan fingerprint density at radius 3 is 2.67 bits per heavy atom. The molecule has 1 unspecified atom stereocenters. The summed E-state index contributed by atoms with van der Waals surface area (Å²) in [5, 5.41) is 13.3. The molecule has 3 heterocycles. The average Bonchev–Trinajstić information content (AvgIpc) is 3.14. The lowest BCUT2D eigenvalue weighted by Gasteiger charge is -2.42. The van der Waals surface area contributed by atoms with Crippen molar-refractivity contribution in [1.29, 1.82) is 0 Å². The lowest BCUT2D eigenvalue weighted by Crippen LogP contribution is -2.55. The predicted molar refractivity (Wildman–Crippen MR) is 112 cm³/mol. The van der Waals surface area contributed by atoms with Gasteiger partial charge in [-0.2, -0.15) is 0 Å². The fourth-order valence-corrected chi connectivity index (χ4v) is 4.49. The van der Waals surface area contributed by atoms with Crippen LogP contribution in [0.1, 0.15) is 20.8 Å². The van der Waals surface area contributed by atoms with E-state index in [1.54, 1.807) is 11.3 Å². The highest BCUT2D eigenvalue weighted by Gasteiger charge is 2.29. The molecular weight excluding hydrogens is 356 g/mol. The zero-order chi connectivity index (χ0) is 19.0. The van der Waals surface area contributed by atoms with Crippen LogP contribution in [0.25, 0.3) is 21.6 Å². The SMILES string of the molecule is CC1CN(CC(C)(C)O)CCN1c1nc(-c2cccs2)nc2ccccc12. The first-order valence-electron chi connectivity index (χ1n) is 9.43. The van der Waals surface area contributed by atoms with Gasteiger partial charge in [0.2, 0.25) is 0 Å². The molecule has 27 heavy (non-hydrogen) atoms. The number of para-hydroxylation sites is 1. The van der Waals surface area contributed by atoms with Crippen LogP contribution in [0.5, 0.6) is 0 Å². The van der Waals surface area contributed by atoms with E-state index in [0.29, 0.717) is 12.6 Å². The minimum absolute atomic E-state index is 0.315. The van der Waals surface area contributed by atoms with Gasteiger partial charge < -0.3 is 10.0 Å². The number of hydrogen-bond acceptors (Lipinski definition) is 6. The van der Waals surface area contributed by atoms with Crippen molar-refractivity contribution in [2.45, 2.75) is 32.4 Å². The van der Waals surface area contributed by atoms with Crippen molar-refractivity contribution in [3.05, 3.63) is 41.8 Å². The van der Waals surface area contributed by atoms with E-state index in [4.69, 9.17) is 9.97 Å². The number of aromatic nitrogens is 2. The highest BCUT2D eigenvalue weighted by molar-refractivity contribution is 7.13. The van der Waals surface area contributed by atoms with Gasteiger partial charge in [0.15, 0.2) is 5.82 Å². The second kappa shape index (κ2) is 7.19. The van der Waals surface area contributed by atoms with Gasteiger partial charge in [-0.3, -0.25) is 4.90 Å². The molecule has 0 saturated carbocycles. The molecular formula is C21H26N4OS. The monoisotopic (exact) mass is 382 g/mol. The fourth-order valence-electron chi connectivity index (χ4n) is 3.83. The van der Waals surface area contributed by atoms with Crippen molar-refractivity contribution in [2.24, 2.45) is 0 Å². The first-order valence-corrected chi connectivity index (χ1v) is 10.3. The van der Waals surface area contributed by atoms with Crippen molar-refractivity contribution < 1.29 is 5.11 Å². The van der Waals surface area contributed by atoms with Crippen LogP contribution < -0.4 is 4.90 Å². The third kappa shape index (κ3) is 3.98. The summed E-state index contributed by atoms with van der Waals surface area (Å²) in [7, 11) is 0. The van der Waals surface area contributed by atoms with Crippen LogP contribution in [0.3, 0.4) is 0 Å². The van der Waals surface area contributed by atoms with Gasteiger partial charge in [0.25, 0.3) is 0 Å². The van der Waals surface area contributed by atoms with Crippen LogP contribution in [0.4, 0.5) is 5.82 Å². The van der Waals surface area contributed by atoms with Crippen LogP contribution >= 0.6 is 11.3 Å². The van der Waals surface area contributed by atoms with Gasteiger partial charge in [-0.15, -0.1) is 11.3 Å². The number of thiophene rings is 1. The molecule has 1 N–H and O–H groups in total. The normalized spacial score (nSPS) is 19.0. The Kier molecular flexibility index (Phi) is 4.88. The summed E-state index contributed by atoms with van der Waals surface area (Å²) < 4.78 is 0. The predicted octanol–water partition coefficient (Wildman–Crippen LogP) is 3.64. The average molecular weight is 383 g/mol. The van der Waals surface area contributed by atoms with Gasteiger partial charge in [0.1, 0.15) is 5.82 Å². The first-order chi connectivity index (χ1) is 12.9. The van der Waals surface area contributed by atoms with Gasteiger partial charge >= 0.3 is 0 Å². The van der Waals surface area contributed by atoms with Crippen molar-refractivity contribution in [3.8, 4) is 10.7 Å². The highest BCUT2D eigenvalue weighted by atomic mass is 32.1. The lowest BCUT2D eigenvalue weighted by atomic mass is 10.1. The summed E-state index contributed by atoms with van der Waals surface area (Å²) in [6.45, 7) is 9.39. The smallest absolute Gasteiger partial charge is 0.172 e. The van der Waals surface area contributed by atoms with E-state index in [1.165, 1.54) is 0 Å². The molecule has 5 nitrogen and oxygen atoms in total. The quantitative estimate of drug-likeness (QED) is 0.747. The van der Waals surface area contributed by atoms with Crippen LogP contribution in [-0.2, 0) is 0 Å². The van der Waals surface area contributed by atoms with Crippen LogP contribution in [0.2, 0.25) is 0 Å². The van der Waals surface area contributed by atoms with Crippen molar-refractivity contribution >= 4 is 28.1 Å². The molecule has 142 valence electrons. The van der Waals surface area contributed by atoms with Gasteiger partial charge in [0.05, 0.1) is 16.0 Å². The summed E-state index contributed by atoms with van der Waals surface area (Å²) in [5.74, 6) is 1.81. The van der Waals surface area contributed by atoms with Gasteiger partial charge in [0, 0.05) is 37.6 Å². The number of β-amino-alcohol motifs (C(OH)–C–C–N with tert-alkyl or cyclic N) is 1. The summed E-state index contributed by atoms with van der Waals surface area (Å²) >= 11 is 1.67. The number of hydrogen-bond donors (Lipinski definition) is 1. The zero-order valence-corrected chi connectivity index (χ0v) is 16.9. The zero-order valence-electron chi connectivity index (χ0n) is 16.1. The van der Waals surface area contributed by atoms with E-state index in [0.717, 1.165) is 47.1 Å². The molecule has 3 aromatic rings. The van der Waals surface area contributed by atoms with E-state index in [2.05, 4.69) is 46.4 Å². The topological polar surface area (TPSA) is 52.5 Å². The summed E-state index contributed by atoms with van der Waals surface area (Å²) in [4.78, 5) is 15.6. The molecule has 1 fully saturated rings. The molecule has 1 atom stereocenters. The van der Waals surface area contributed by atoms with E-state index in [1.807, 2.05) is 26.0 Å². The Morgan fingerprint density at radius 2 is 1.96 bits per heavy atom. The Morgan fingerprint density at radius 1 is 1.15 bits per heavy atom. The molecule has 1 saturated heterocycles. The Labute approximate surface area is 164 Å². The Bertz CT molecular complexity index is 920. The minimum Gasteiger partial charge on any atom is -0.389 e. The second-order valence-electron chi connectivity index (χ2n) is 7.96. The number of piperazine rings is 1. The maximum absolute atomic E-state index is 10.1. The van der Waals surface area contributed by atoms with Gasteiger partial charge in [-0.05, 0) is 44.4 Å². The molecule has 0 aliphatic carbocycles. The van der Waals surface area contributed by atoms with Crippen LogP contribution in [0.15, 0.2) is 41.8 Å². The third-order valence-corrected chi connectivity index (χ3v) is 5.78. The second-order valence-corrected chi connectivity index (χ2v) is 8.90. The lowest BCUT2D eigenvalue weighted by molar-refractivity contribution is 0.0307. The molecule has 0 radical (unpaired) electrons. The van der Waals surface area contributed by atoms with Crippen LogP contribution in [-0.4, -0.2) is 57.8 Å². The molecule has 6 heteroatoms. The summed E-state index contributed by atoms with van der Waals surface area (Å²) in [5.41, 5.74) is 0.313. The van der Waals surface area contributed by atoms with E-state index < -0.39 is 5.60 Å². The van der Waals surface area contributed by atoms with E-state index in [9.17, 15) is 5.11 Å². The maximum Gasteiger partial charge on any atom is 0.172 e. The molecule has 0 amide bonds. The Balaban J connectivity index is 1.69. The van der Waals surface area contributed by atoms with Gasteiger partial charge in [-0.1, -0.05) is 18.2 Å². The van der Waals surface area contributed by atoms with Gasteiger partial charge in [-0.25, -0.2) is 9.97 Å². The van der Waals surface area contributed by atoms with Crippen LogP contribution in [0, 0.1) is 0 Å². The molecule has 1 aliphatic heterocycles. The molecule has 1 aliphatic rings. The van der Waals surface area contributed by atoms with Crippen molar-refractivity contribution in [2.75, 3.05) is 31.1 Å². The summed E-state index contributed by atoms with van der Waals surface area (Å²) in [6, 6.07) is 12.7. The summed E-state index contributed by atoms with van der Waals surface area (Å²) in [6.07, 6.45) is 0. The first kappa shape index (κ1) is 18.3. The number of anilines is 1. The third-order valence-electron chi connectivity index (χ3n) is 4.92. The van der Waals surface area contributed by atoms with E-state index >= 15 is 0 Å². The number of rotatable bonds is 4.